The van der Waals surface area contributed by atoms with Crippen LogP contribution < -0.4 is 5.32 Å². The zero-order chi connectivity index (χ0) is 28.7. The molecule has 0 saturated carbocycles. The molecule has 0 radical (unpaired) electrons. The van der Waals surface area contributed by atoms with Gasteiger partial charge in [0, 0.05) is 35.7 Å². The van der Waals surface area contributed by atoms with Gasteiger partial charge >= 0.3 is 0 Å². The van der Waals surface area contributed by atoms with Crippen molar-refractivity contribution in [1.29, 1.82) is 0 Å². The predicted octanol–water partition coefficient (Wildman–Crippen LogP) is 4.69. The molecule has 0 spiro atoms. The highest BCUT2D eigenvalue weighted by Crippen LogP contribution is 2.16. The number of nitrogens with one attached hydrogen (secondary N) is 1. The van der Waals surface area contributed by atoms with Gasteiger partial charge in [0.1, 0.15) is 6.04 Å². The third-order valence-corrected chi connectivity index (χ3v) is 7.35. The summed E-state index contributed by atoms with van der Waals surface area (Å²) in [4.78, 5) is 55.3. The highest BCUT2D eigenvalue weighted by Gasteiger charge is 2.30. The Bertz CT molecular complexity index is 1240. The van der Waals surface area contributed by atoms with E-state index in [-0.39, 0.29) is 36.6 Å². The Labute approximate surface area is 240 Å². The molecule has 1 saturated heterocycles. The number of carbonyl (C=O) groups is 4. The maximum Gasteiger partial charge on any atom is 0.254 e. The highest BCUT2D eigenvalue weighted by molar-refractivity contribution is 7.98. The van der Waals surface area contributed by atoms with E-state index < -0.39 is 6.04 Å². The van der Waals surface area contributed by atoms with E-state index in [2.05, 4.69) is 5.32 Å². The van der Waals surface area contributed by atoms with Crippen LogP contribution in [0.1, 0.15) is 46.5 Å². The molecular formula is C32H37N3O4S. The molecule has 4 rings (SSSR count). The second-order valence-electron chi connectivity index (χ2n) is 9.14. The van der Waals surface area contributed by atoms with Crippen LogP contribution in [0.2, 0.25) is 0 Å². The lowest BCUT2D eigenvalue weighted by atomic mass is 10.1. The highest BCUT2D eigenvalue weighted by atomic mass is 32.2. The van der Waals surface area contributed by atoms with Gasteiger partial charge in [-0.2, -0.15) is 11.8 Å². The minimum atomic E-state index is -0.786. The number of benzene rings is 3. The molecule has 0 aliphatic carbocycles. The van der Waals surface area contributed by atoms with Gasteiger partial charge in [-0.3, -0.25) is 19.2 Å². The Kier molecular flexibility index (Phi) is 12.4. The number of carbonyl (C=O) groups excluding carboxylic acids is 4. The molecule has 8 heteroatoms. The van der Waals surface area contributed by atoms with Gasteiger partial charge < -0.3 is 15.1 Å². The van der Waals surface area contributed by atoms with E-state index in [4.69, 9.17) is 0 Å². The molecule has 3 amide bonds. The molecule has 1 fully saturated rings. The molecular weight excluding hydrogens is 522 g/mol. The van der Waals surface area contributed by atoms with E-state index in [0.717, 1.165) is 5.56 Å². The molecule has 1 N–H and O–H groups in total. The molecule has 1 aliphatic heterocycles. The van der Waals surface area contributed by atoms with Crippen LogP contribution in [-0.4, -0.2) is 71.3 Å². The van der Waals surface area contributed by atoms with Crippen LogP contribution in [0.4, 0.5) is 0 Å². The summed E-state index contributed by atoms with van der Waals surface area (Å²) >= 11 is 1.56. The minimum absolute atomic E-state index is 0.0543. The molecule has 210 valence electrons. The van der Waals surface area contributed by atoms with Crippen molar-refractivity contribution in [1.82, 2.24) is 15.1 Å². The molecule has 3 aromatic rings. The van der Waals surface area contributed by atoms with Gasteiger partial charge in [0.05, 0.1) is 13.1 Å². The van der Waals surface area contributed by atoms with Crippen molar-refractivity contribution < 1.29 is 19.2 Å². The molecule has 1 heterocycles. The monoisotopic (exact) mass is 559 g/mol. The van der Waals surface area contributed by atoms with Gasteiger partial charge in [-0.15, -0.1) is 0 Å². The third-order valence-electron chi connectivity index (χ3n) is 6.25. The van der Waals surface area contributed by atoms with Crippen LogP contribution in [-0.2, 0) is 15.3 Å². The smallest absolute Gasteiger partial charge is 0.254 e. The van der Waals surface area contributed by atoms with Gasteiger partial charge in [-0.1, -0.05) is 80.6 Å². The number of hydrogen-bond donors (Lipinski definition) is 1. The summed E-state index contributed by atoms with van der Waals surface area (Å²) in [5.41, 5.74) is 2.13. The quantitative estimate of drug-likeness (QED) is 0.433. The molecule has 0 bridgehead atoms. The van der Waals surface area contributed by atoms with E-state index in [1.54, 1.807) is 65.2 Å². The largest absolute Gasteiger partial charge is 0.339 e. The number of ketones is 1. The van der Waals surface area contributed by atoms with Crippen molar-refractivity contribution in [3.05, 3.63) is 108 Å². The van der Waals surface area contributed by atoms with Gasteiger partial charge in [0.2, 0.25) is 5.91 Å². The molecule has 0 aromatic heterocycles. The van der Waals surface area contributed by atoms with Crippen molar-refractivity contribution in [2.24, 2.45) is 0 Å². The molecule has 1 atom stereocenters. The molecule has 1 unspecified atom stereocenters. The second-order valence-corrected chi connectivity index (χ2v) is 10.2. The summed E-state index contributed by atoms with van der Waals surface area (Å²) in [6, 6.07) is 26.8. The lowest BCUT2D eigenvalue weighted by Crippen LogP contribution is -2.53. The van der Waals surface area contributed by atoms with Gasteiger partial charge in [-0.25, -0.2) is 0 Å². The van der Waals surface area contributed by atoms with Crippen LogP contribution in [0.15, 0.2) is 91.0 Å². The van der Waals surface area contributed by atoms with E-state index in [9.17, 15) is 19.2 Å². The molecule has 1 aliphatic rings. The lowest BCUT2D eigenvalue weighted by molar-refractivity contribution is -0.137. The van der Waals surface area contributed by atoms with E-state index >= 15 is 0 Å². The minimum Gasteiger partial charge on any atom is -0.339 e. The van der Waals surface area contributed by atoms with Crippen molar-refractivity contribution in [3.63, 3.8) is 0 Å². The number of amides is 3. The topological polar surface area (TPSA) is 86.8 Å². The summed E-state index contributed by atoms with van der Waals surface area (Å²) in [5, 5.41) is 2.89. The average Bonchev–Trinajstić information content (AvgIpc) is 3.00. The van der Waals surface area contributed by atoms with Crippen LogP contribution in [0.25, 0.3) is 0 Å². The van der Waals surface area contributed by atoms with Crippen molar-refractivity contribution >= 4 is 35.3 Å². The fraction of sp³-hybridized carbons (Fsp3) is 0.312. The van der Waals surface area contributed by atoms with Gasteiger partial charge in [0.15, 0.2) is 5.78 Å². The van der Waals surface area contributed by atoms with Crippen molar-refractivity contribution in [2.45, 2.75) is 32.1 Å². The summed E-state index contributed by atoms with van der Waals surface area (Å²) in [6.07, 6.45) is 0.536. The first-order valence-electron chi connectivity index (χ1n) is 13.6. The molecule has 7 nitrogen and oxygen atoms in total. The maximum atomic E-state index is 13.6. The van der Waals surface area contributed by atoms with E-state index in [0.29, 0.717) is 42.1 Å². The molecule has 40 heavy (non-hydrogen) atoms. The fourth-order valence-corrected chi connectivity index (χ4v) is 5.31. The van der Waals surface area contributed by atoms with E-state index in [1.165, 1.54) is 4.90 Å². The second kappa shape index (κ2) is 16.3. The summed E-state index contributed by atoms with van der Waals surface area (Å²) in [7, 11) is 0. The van der Waals surface area contributed by atoms with Crippen LogP contribution in [0, 0.1) is 0 Å². The number of hydrogen-bond acceptors (Lipinski definition) is 5. The Morgan fingerprint density at radius 1 is 0.775 bits per heavy atom. The SMILES string of the molecule is CC.O=C1CN(C(=O)c2ccccc2)CCCN(C(=O)C(CSCc2ccccc2)NC(=O)c2ccccc2)C1. The Balaban J connectivity index is 0.00000216. The standard InChI is InChI=1S/C30H31N3O4S.C2H6/c34-26-19-32(29(36)25-15-8-3-9-16-25)17-10-18-33(20-26)30(37)27(22-38-21-23-11-4-1-5-12-23)31-28(35)24-13-6-2-7-14-24;1-2/h1-9,11-16,27H,10,17-22H2,(H,31,35);1-2H3. The maximum absolute atomic E-state index is 13.6. The third kappa shape index (κ3) is 9.09. The first kappa shape index (κ1) is 30.6. The Hall–Kier alpha value is -3.91. The number of rotatable bonds is 8. The average molecular weight is 560 g/mol. The zero-order valence-electron chi connectivity index (χ0n) is 23.1. The van der Waals surface area contributed by atoms with E-state index in [1.807, 2.05) is 56.3 Å². The zero-order valence-corrected chi connectivity index (χ0v) is 23.9. The summed E-state index contributed by atoms with van der Waals surface area (Å²) < 4.78 is 0. The van der Waals surface area contributed by atoms with Crippen molar-refractivity contribution in [3.8, 4) is 0 Å². The number of nitrogens with zero attached hydrogens (tertiary/aromatic N) is 2. The number of thioether (sulfide) groups is 1. The summed E-state index contributed by atoms with van der Waals surface area (Å²) in [5.74, 6) is 0.0430. The lowest BCUT2D eigenvalue weighted by Gasteiger charge is -2.32. The van der Waals surface area contributed by atoms with Gasteiger partial charge in [0.25, 0.3) is 11.8 Å². The van der Waals surface area contributed by atoms with Crippen LogP contribution >= 0.6 is 11.8 Å². The Morgan fingerprint density at radius 3 is 1.93 bits per heavy atom. The van der Waals surface area contributed by atoms with Crippen LogP contribution in [0.3, 0.4) is 0 Å². The Morgan fingerprint density at radius 2 is 1.30 bits per heavy atom. The first-order chi connectivity index (χ1) is 19.5. The van der Waals surface area contributed by atoms with Gasteiger partial charge in [-0.05, 0) is 36.2 Å². The molecule has 3 aromatic carbocycles. The normalized spacial score (nSPS) is 14.2. The van der Waals surface area contributed by atoms with Crippen molar-refractivity contribution in [2.75, 3.05) is 31.9 Å². The van der Waals surface area contributed by atoms with Crippen LogP contribution in [0.5, 0.6) is 0 Å². The predicted molar refractivity (Wildman–Crippen MR) is 160 cm³/mol. The first-order valence-corrected chi connectivity index (χ1v) is 14.8. The summed E-state index contributed by atoms with van der Waals surface area (Å²) in [6.45, 7) is 4.54. The fourth-order valence-electron chi connectivity index (χ4n) is 4.31. The number of Topliss-reactive ketones (excluding diaryl/α,β-unsaturated/α-hetero) is 1.